The molecule has 0 aromatic carbocycles. The highest BCUT2D eigenvalue weighted by molar-refractivity contribution is 6.52. The highest BCUT2D eigenvalue weighted by atomic mass is 16.1. The Kier molecular flexibility index (Phi) is 2.08. The van der Waals surface area contributed by atoms with Crippen LogP contribution in [0.25, 0.3) is 0 Å². The van der Waals surface area contributed by atoms with Crippen LogP contribution in [0, 0.1) is 0 Å². The van der Waals surface area contributed by atoms with Gasteiger partial charge < -0.3 is 4.57 Å². The van der Waals surface area contributed by atoms with E-state index in [2.05, 4.69) is 22.8 Å². The molecule has 4 nitrogen and oxygen atoms in total. The lowest BCUT2D eigenvalue weighted by atomic mass is 9.87. The van der Waals surface area contributed by atoms with E-state index in [1.807, 2.05) is 11.6 Å². The van der Waals surface area contributed by atoms with E-state index in [0.717, 1.165) is 18.7 Å². The van der Waals surface area contributed by atoms with Gasteiger partial charge in [0, 0.05) is 26.7 Å². The van der Waals surface area contributed by atoms with Crippen LogP contribution in [0.4, 0.5) is 0 Å². The number of Topliss-reactive ketones (excluding diaryl/α,β-unsaturated/α-hetero) is 1. The zero-order valence-electron chi connectivity index (χ0n) is 10.4. The average Bonchev–Trinajstić information content (AvgIpc) is 2.64. The predicted octanol–water partition coefficient (Wildman–Crippen LogP) is 0.670. The Hall–Kier alpha value is -1.71. The highest BCUT2D eigenvalue weighted by Gasteiger charge is 2.38. The number of aryl methyl sites for hydroxylation is 1. The Morgan fingerprint density at radius 1 is 1.47 bits per heavy atom. The van der Waals surface area contributed by atoms with Crippen molar-refractivity contribution in [2.45, 2.75) is 12.8 Å². The van der Waals surface area contributed by atoms with Crippen molar-refractivity contribution in [2.75, 3.05) is 20.6 Å². The standard InChI is InChI=1S/C13H16N3O/c1-14-9-6-10-11-8(4-5-15(10)2)7-16(3)12(11)13(9)17/h7H,4-6H2,1-3H3/q+1. The van der Waals surface area contributed by atoms with Gasteiger partial charge in [-0.2, -0.15) is 0 Å². The van der Waals surface area contributed by atoms with Crippen molar-refractivity contribution >= 4 is 17.2 Å². The lowest BCUT2D eigenvalue weighted by molar-refractivity contribution is -0.498. The van der Waals surface area contributed by atoms with Gasteiger partial charge in [0.2, 0.25) is 5.78 Å². The van der Waals surface area contributed by atoms with Crippen molar-refractivity contribution < 1.29 is 9.37 Å². The first-order valence-corrected chi connectivity index (χ1v) is 5.89. The first-order chi connectivity index (χ1) is 8.13. The van der Waals surface area contributed by atoms with Gasteiger partial charge >= 0.3 is 0 Å². The van der Waals surface area contributed by atoms with Gasteiger partial charge in [-0.15, -0.1) is 0 Å². The Bertz CT molecular complexity index is 590. The molecule has 3 rings (SSSR count). The number of aromatic nitrogens is 1. The number of carbonyl (C=O) groups excluding carboxylic acids is 1. The lowest BCUT2D eigenvalue weighted by Crippen LogP contribution is -2.36. The van der Waals surface area contributed by atoms with Crippen molar-refractivity contribution in [3.63, 3.8) is 0 Å². The first-order valence-electron chi connectivity index (χ1n) is 5.89. The van der Waals surface area contributed by atoms with Crippen LogP contribution in [-0.4, -0.2) is 47.0 Å². The molecule has 0 N–H and O–H groups in total. The molecule has 0 saturated carbocycles. The summed E-state index contributed by atoms with van der Waals surface area (Å²) in [5.41, 5.74) is 5.21. The fourth-order valence-electron chi connectivity index (χ4n) is 2.87. The summed E-state index contributed by atoms with van der Waals surface area (Å²) in [4.78, 5) is 16.4. The van der Waals surface area contributed by atoms with Gasteiger partial charge in [0.1, 0.15) is 19.3 Å². The molecule has 0 saturated heterocycles. The normalized spacial score (nSPS) is 21.1. The topological polar surface area (TPSA) is 37.4 Å². The summed E-state index contributed by atoms with van der Waals surface area (Å²) >= 11 is 0. The van der Waals surface area contributed by atoms with Crippen LogP contribution in [0.2, 0.25) is 0 Å². The van der Waals surface area contributed by atoms with Crippen LogP contribution < -0.4 is 0 Å². The number of hydrogen-bond donors (Lipinski definition) is 0. The van der Waals surface area contributed by atoms with Gasteiger partial charge in [-0.3, -0.25) is 9.79 Å². The molecule has 0 radical (unpaired) electrons. The summed E-state index contributed by atoms with van der Waals surface area (Å²) in [6, 6.07) is 0. The fourth-order valence-corrected chi connectivity index (χ4v) is 2.87. The molecule has 2 aliphatic rings. The number of aliphatic imine (C=N–C) groups is 1. The quantitative estimate of drug-likeness (QED) is 0.604. The fraction of sp³-hybridized carbons (Fsp3) is 0.462. The van der Waals surface area contributed by atoms with E-state index >= 15 is 0 Å². The molecule has 0 fully saturated rings. The Morgan fingerprint density at radius 3 is 2.94 bits per heavy atom. The molecule has 0 amide bonds. The molecule has 2 heterocycles. The van der Waals surface area contributed by atoms with E-state index in [1.165, 1.54) is 16.8 Å². The smallest absolute Gasteiger partial charge is 0.224 e. The van der Waals surface area contributed by atoms with Gasteiger partial charge in [0.25, 0.3) is 0 Å². The van der Waals surface area contributed by atoms with Gasteiger partial charge in [0.05, 0.1) is 17.7 Å². The third-order valence-corrected chi connectivity index (χ3v) is 3.81. The summed E-state index contributed by atoms with van der Waals surface area (Å²) in [6.07, 6.45) is 3.79. The summed E-state index contributed by atoms with van der Waals surface area (Å²) in [5.74, 6) is 0.0929. The Balaban J connectivity index is 2.35. The minimum atomic E-state index is 0.0929. The van der Waals surface area contributed by atoms with Crippen LogP contribution >= 0.6 is 0 Å². The predicted molar refractivity (Wildman–Crippen MR) is 66.6 cm³/mol. The monoisotopic (exact) mass is 230 g/mol. The van der Waals surface area contributed by atoms with Crippen LogP contribution in [-0.2, 0) is 13.5 Å². The Morgan fingerprint density at radius 2 is 2.24 bits per heavy atom. The van der Waals surface area contributed by atoms with Gasteiger partial charge in [-0.1, -0.05) is 0 Å². The van der Waals surface area contributed by atoms with Crippen LogP contribution in [0.3, 0.4) is 0 Å². The van der Waals surface area contributed by atoms with E-state index in [9.17, 15) is 4.79 Å². The molecule has 0 bridgehead atoms. The molecule has 1 aromatic heterocycles. The van der Waals surface area contributed by atoms with Crippen LogP contribution in [0.15, 0.2) is 11.2 Å². The molecule has 0 atom stereocenters. The van der Waals surface area contributed by atoms with Crippen molar-refractivity contribution in [1.82, 2.24) is 4.57 Å². The number of rotatable bonds is 0. The second-order valence-corrected chi connectivity index (χ2v) is 4.78. The second kappa shape index (κ2) is 3.39. The van der Waals surface area contributed by atoms with Gasteiger partial charge in [-0.05, 0) is 5.56 Å². The van der Waals surface area contributed by atoms with Crippen molar-refractivity contribution in [3.8, 4) is 0 Å². The molecule has 88 valence electrons. The lowest BCUT2D eigenvalue weighted by Gasteiger charge is -2.19. The maximum atomic E-state index is 12.3. The Labute approximate surface area is 100 Å². The SMILES string of the molecule is CN=C1CC2=[N+](C)CCc3cn(C)c(c32)C1=O. The molecule has 0 unspecified atom stereocenters. The molecular formula is C13H16N3O+. The minimum absolute atomic E-state index is 0.0929. The number of likely N-dealkylation sites (N-methyl/N-ethyl adjacent to an activating group) is 1. The zero-order chi connectivity index (χ0) is 12.2. The van der Waals surface area contributed by atoms with E-state index in [-0.39, 0.29) is 5.78 Å². The molecule has 1 aliphatic heterocycles. The number of carbonyl (C=O) groups is 1. The maximum Gasteiger partial charge on any atom is 0.224 e. The van der Waals surface area contributed by atoms with E-state index in [0.29, 0.717) is 12.1 Å². The van der Waals surface area contributed by atoms with Crippen LogP contribution in [0.5, 0.6) is 0 Å². The molecule has 17 heavy (non-hydrogen) atoms. The molecule has 1 aromatic rings. The van der Waals surface area contributed by atoms with Gasteiger partial charge in [0.15, 0.2) is 5.71 Å². The van der Waals surface area contributed by atoms with Crippen LogP contribution in [0.1, 0.15) is 28.0 Å². The highest BCUT2D eigenvalue weighted by Crippen LogP contribution is 2.28. The van der Waals surface area contributed by atoms with Crippen molar-refractivity contribution in [2.24, 2.45) is 12.0 Å². The van der Waals surface area contributed by atoms with Crippen molar-refractivity contribution in [3.05, 3.63) is 23.0 Å². The van der Waals surface area contributed by atoms with Gasteiger partial charge in [-0.25, -0.2) is 4.58 Å². The summed E-state index contributed by atoms with van der Waals surface area (Å²) in [6.45, 7) is 1.02. The molecule has 0 spiro atoms. The third-order valence-electron chi connectivity index (χ3n) is 3.81. The summed E-state index contributed by atoms with van der Waals surface area (Å²) < 4.78 is 4.21. The number of nitrogens with zero attached hydrogens (tertiary/aromatic N) is 3. The summed E-state index contributed by atoms with van der Waals surface area (Å²) in [5, 5.41) is 0. The van der Waals surface area contributed by atoms with E-state index in [4.69, 9.17) is 0 Å². The number of ketones is 1. The third kappa shape index (κ3) is 1.27. The van der Waals surface area contributed by atoms with E-state index in [1.54, 1.807) is 7.05 Å². The minimum Gasteiger partial charge on any atom is -0.347 e. The number of hydrogen-bond acceptors (Lipinski definition) is 2. The maximum absolute atomic E-state index is 12.3. The molecule has 1 aliphatic carbocycles. The van der Waals surface area contributed by atoms with Crippen molar-refractivity contribution in [1.29, 1.82) is 0 Å². The van der Waals surface area contributed by atoms with E-state index < -0.39 is 0 Å². The summed E-state index contributed by atoms with van der Waals surface area (Å²) in [7, 11) is 5.74. The first kappa shape index (κ1) is 10.4. The second-order valence-electron chi connectivity index (χ2n) is 4.78. The average molecular weight is 230 g/mol. The zero-order valence-corrected chi connectivity index (χ0v) is 10.4. The molecular weight excluding hydrogens is 214 g/mol. The molecule has 4 heteroatoms. The largest absolute Gasteiger partial charge is 0.347 e.